The molecule has 28 heavy (non-hydrogen) atoms. The highest BCUT2D eigenvalue weighted by Crippen LogP contribution is 2.34. The summed E-state index contributed by atoms with van der Waals surface area (Å²) >= 11 is 0. The maximum absolute atomic E-state index is 12.3. The van der Waals surface area contributed by atoms with Crippen molar-refractivity contribution < 1.29 is 19.1 Å². The molecular weight excluding hydrogens is 358 g/mol. The quantitative estimate of drug-likeness (QED) is 0.736. The number of hydrogen-bond donors (Lipinski definition) is 1. The average Bonchev–Trinajstić information content (AvgIpc) is 3.33. The highest BCUT2D eigenvalue weighted by molar-refractivity contribution is 5.73. The molecule has 0 spiro atoms. The Balaban J connectivity index is 1.47. The predicted molar refractivity (Wildman–Crippen MR) is 104 cm³/mol. The van der Waals surface area contributed by atoms with Crippen LogP contribution in [0.3, 0.4) is 0 Å². The highest BCUT2D eigenvalue weighted by atomic mass is 16.6. The minimum Gasteiger partial charge on any atom is -0.461 e. The molecule has 1 aliphatic carbocycles. The van der Waals surface area contributed by atoms with Crippen molar-refractivity contribution in [3.8, 4) is 5.69 Å². The van der Waals surface area contributed by atoms with Crippen LogP contribution in [-0.4, -0.2) is 33.5 Å². The summed E-state index contributed by atoms with van der Waals surface area (Å²) < 4.78 is 12.4. The van der Waals surface area contributed by atoms with Gasteiger partial charge in [0.1, 0.15) is 12.2 Å². The van der Waals surface area contributed by atoms with E-state index in [1.54, 1.807) is 10.9 Å². The first kappa shape index (κ1) is 19.9. The third kappa shape index (κ3) is 6.11. The molecule has 2 aromatic rings. The fourth-order valence-corrected chi connectivity index (χ4v) is 2.86. The van der Waals surface area contributed by atoms with Crippen molar-refractivity contribution in [2.24, 2.45) is 5.92 Å². The number of nitrogens with zero attached hydrogens (tertiary/aromatic N) is 2. The Bertz CT molecular complexity index is 790. The van der Waals surface area contributed by atoms with Gasteiger partial charge in [-0.25, -0.2) is 9.48 Å². The first-order chi connectivity index (χ1) is 13.3. The smallest absolute Gasteiger partial charge is 0.407 e. The van der Waals surface area contributed by atoms with Gasteiger partial charge in [-0.15, -0.1) is 0 Å². The Morgan fingerprint density at radius 1 is 1.25 bits per heavy atom. The van der Waals surface area contributed by atoms with Gasteiger partial charge in [-0.05, 0) is 63.3 Å². The number of carbonyl (C=O) groups is 2. The second-order valence-corrected chi connectivity index (χ2v) is 8.07. The lowest BCUT2D eigenvalue weighted by Crippen LogP contribution is -2.41. The standard InChI is InChI=1S/C21H27N3O4/c1-21(2,3)28-20(26)23-18(16-7-8-16)13-19(25)27-14-15-5-9-17(10-6-15)24-12-4-11-22-24/h4-6,9-12,16,18H,7-8,13-14H2,1-3H3,(H,23,26)/t18-/m0/s1. The molecule has 150 valence electrons. The molecule has 1 aromatic carbocycles. The van der Waals surface area contributed by atoms with Crippen molar-refractivity contribution in [3.05, 3.63) is 48.3 Å². The number of alkyl carbamates (subject to hydrolysis) is 1. The maximum atomic E-state index is 12.3. The van der Waals surface area contributed by atoms with Crippen molar-refractivity contribution in [2.75, 3.05) is 0 Å². The van der Waals surface area contributed by atoms with E-state index in [1.165, 1.54) is 0 Å². The minimum atomic E-state index is -0.568. The number of esters is 1. The summed E-state index contributed by atoms with van der Waals surface area (Å²) in [6, 6.07) is 9.27. The Morgan fingerprint density at radius 3 is 2.54 bits per heavy atom. The highest BCUT2D eigenvalue weighted by Gasteiger charge is 2.35. The van der Waals surface area contributed by atoms with Crippen LogP contribution in [-0.2, 0) is 20.9 Å². The van der Waals surface area contributed by atoms with Crippen LogP contribution in [0.1, 0.15) is 45.6 Å². The third-order valence-electron chi connectivity index (χ3n) is 4.38. The van der Waals surface area contributed by atoms with Gasteiger partial charge in [-0.3, -0.25) is 4.79 Å². The van der Waals surface area contributed by atoms with Crippen molar-refractivity contribution >= 4 is 12.1 Å². The molecule has 0 unspecified atom stereocenters. The maximum Gasteiger partial charge on any atom is 0.407 e. The van der Waals surface area contributed by atoms with Crippen LogP contribution in [0, 0.1) is 5.92 Å². The third-order valence-corrected chi connectivity index (χ3v) is 4.38. The zero-order valence-electron chi connectivity index (χ0n) is 16.6. The van der Waals surface area contributed by atoms with Gasteiger partial charge in [0, 0.05) is 18.4 Å². The van der Waals surface area contributed by atoms with Crippen LogP contribution in [0.5, 0.6) is 0 Å². The minimum absolute atomic E-state index is 0.148. The van der Waals surface area contributed by atoms with E-state index in [1.807, 2.05) is 57.3 Å². The van der Waals surface area contributed by atoms with E-state index in [0.717, 1.165) is 24.1 Å². The lowest BCUT2D eigenvalue weighted by atomic mass is 10.1. The predicted octanol–water partition coefficient (Wildman–Crippen LogP) is 3.61. The lowest BCUT2D eigenvalue weighted by molar-refractivity contribution is -0.145. The Kier molecular flexibility index (Phi) is 6.02. The van der Waals surface area contributed by atoms with Crippen molar-refractivity contribution in [3.63, 3.8) is 0 Å². The number of rotatable bonds is 7. The Hall–Kier alpha value is -2.83. The largest absolute Gasteiger partial charge is 0.461 e. The van der Waals surface area contributed by atoms with Crippen molar-refractivity contribution in [1.82, 2.24) is 15.1 Å². The van der Waals surface area contributed by atoms with Gasteiger partial charge in [0.05, 0.1) is 12.1 Å². The summed E-state index contributed by atoms with van der Waals surface area (Å²) in [5.41, 5.74) is 1.27. The summed E-state index contributed by atoms with van der Waals surface area (Å²) in [4.78, 5) is 24.2. The number of benzene rings is 1. The molecule has 3 rings (SSSR count). The molecule has 7 nitrogen and oxygen atoms in total. The zero-order valence-corrected chi connectivity index (χ0v) is 16.6. The van der Waals surface area contributed by atoms with Gasteiger partial charge in [0.2, 0.25) is 0 Å². The van der Waals surface area contributed by atoms with Gasteiger partial charge in [-0.1, -0.05) is 12.1 Å². The second kappa shape index (κ2) is 8.46. The summed E-state index contributed by atoms with van der Waals surface area (Å²) in [7, 11) is 0. The van der Waals surface area contributed by atoms with Crippen LogP contribution in [0.15, 0.2) is 42.7 Å². The van der Waals surface area contributed by atoms with E-state index >= 15 is 0 Å². The second-order valence-electron chi connectivity index (χ2n) is 8.07. The molecule has 1 fully saturated rings. The molecule has 1 heterocycles. The lowest BCUT2D eigenvalue weighted by Gasteiger charge is -2.23. The number of amides is 1. The van der Waals surface area contributed by atoms with E-state index in [9.17, 15) is 9.59 Å². The summed E-state index contributed by atoms with van der Waals surface area (Å²) in [5, 5.41) is 6.99. The SMILES string of the molecule is CC(C)(C)OC(=O)N[C@@H](CC(=O)OCc1ccc(-n2cccn2)cc1)C1CC1. The van der Waals surface area contributed by atoms with Gasteiger partial charge in [-0.2, -0.15) is 5.10 Å². The molecule has 7 heteroatoms. The molecule has 1 amide bonds. The number of ether oxygens (including phenoxy) is 2. The van der Waals surface area contributed by atoms with Crippen LogP contribution < -0.4 is 5.32 Å². The number of carbonyl (C=O) groups excluding carboxylic acids is 2. The Labute approximate surface area is 165 Å². The fourth-order valence-electron chi connectivity index (χ4n) is 2.86. The molecule has 1 aliphatic rings. The molecule has 1 N–H and O–H groups in total. The van der Waals surface area contributed by atoms with Gasteiger partial charge in [0.15, 0.2) is 0 Å². The van der Waals surface area contributed by atoms with Crippen molar-refractivity contribution in [1.29, 1.82) is 0 Å². The fraction of sp³-hybridized carbons (Fsp3) is 0.476. The topological polar surface area (TPSA) is 82.5 Å². The van der Waals surface area contributed by atoms with E-state index in [2.05, 4.69) is 10.4 Å². The summed E-state index contributed by atoms with van der Waals surface area (Å²) in [6.45, 7) is 5.63. The van der Waals surface area contributed by atoms with Gasteiger partial charge >= 0.3 is 12.1 Å². The molecule has 0 bridgehead atoms. The zero-order chi connectivity index (χ0) is 20.1. The van der Waals surface area contributed by atoms with E-state index in [4.69, 9.17) is 9.47 Å². The van der Waals surface area contributed by atoms with E-state index in [0.29, 0.717) is 5.92 Å². The van der Waals surface area contributed by atoms with Crippen LogP contribution in [0.25, 0.3) is 5.69 Å². The van der Waals surface area contributed by atoms with E-state index in [-0.39, 0.29) is 25.0 Å². The summed E-state index contributed by atoms with van der Waals surface area (Å²) in [6.07, 6.45) is 5.24. The molecule has 1 saturated carbocycles. The van der Waals surface area contributed by atoms with Gasteiger partial charge < -0.3 is 14.8 Å². The van der Waals surface area contributed by atoms with Crippen LogP contribution >= 0.6 is 0 Å². The van der Waals surface area contributed by atoms with Gasteiger partial charge in [0.25, 0.3) is 0 Å². The number of aromatic nitrogens is 2. The normalized spacial score (nSPS) is 15.0. The monoisotopic (exact) mass is 385 g/mol. The first-order valence-corrected chi connectivity index (χ1v) is 9.54. The number of hydrogen-bond acceptors (Lipinski definition) is 5. The van der Waals surface area contributed by atoms with Crippen LogP contribution in [0.2, 0.25) is 0 Å². The van der Waals surface area contributed by atoms with Crippen molar-refractivity contribution in [2.45, 2.75) is 58.3 Å². The molecule has 1 atom stereocenters. The summed E-state index contributed by atoms with van der Waals surface area (Å²) in [5.74, 6) is -0.0162. The molecule has 0 saturated heterocycles. The van der Waals surface area contributed by atoms with E-state index < -0.39 is 11.7 Å². The molecular formula is C21H27N3O4. The molecule has 1 aromatic heterocycles. The molecule has 0 radical (unpaired) electrons. The first-order valence-electron chi connectivity index (χ1n) is 9.54. The average molecular weight is 385 g/mol. The molecule has 0 aliphatic heterocycles. The number of nitrogens with one attached hydrogen (secondary N) is 1. The Morgan fingerprint density at radius 2 is 1.96 bits per heavy atom. The van der Waals surface area contributed by atoms with Crippen LogP contribution in [0.4, 0.5) is 4.79 Å².